The minimum Gasteiger partial charge on any atom is -0.355 e. The quantitative estimate of drug-likeness (QED) is 0.506. The Kier molecular flexibility index (Phi) is 5.36. The first-order chi connectivity index (χ1) is 13.2. The van der Waals surface area contributed by atoms with Crippen molar-refractivity contribution < 1.29 is 13.2 Å². The summed E-state index contributed by atoms with van der Waals surface area (Å²) >= 11 is 0. The molecule has 3 aromatic rings. The number of benzene rings is 2. The fourth-order valence-corrected chi connectivity index (χ4v) is 4.24. The van der Waals surface area contributed by atoms with Crippen LogP contribution in [0.5, 0.6) is 0 Å². The van der Waals surface area contributed by atoms with E-state index < -0.39 is 10.0 Å². The number of carbonyl (C=O) groups is 1. The fourth-order valence-electron chi connectivity index (χ4n) is 2.81. The zero-order valence-electron chi connectivity index (χ0n) is 15.7. The fraction of sp³-hybridized carbons (Fsp3) is 0.158. The number of aromatic nitrogens is 2. The zero-order chi connectivity index (χ0) is 20.3. The van der Waals surface area contributed by atoms with Gasteiger partial charge in [-0.1, -0.05) is 6.07 Å². The maximum absolute atomic E-state index is 12.6. The summed E-state index contributed by atoms with van der Waals surface area (Å²) in [7, 11) is -3.72. The van der Waals surface area contributed by atoms with Crippen molar-refractivity contribution in [1.82, 2.24) is 10.2 Å². The lowest BCUT2D eigenvalue weighted by Crippen LogP contribution is -2.14. The van der Waals surface area contributed by atoms with Gasteiger partial charge in [0, 0.05) is 29.7 Å². The second-order valence-electron chi connectivity index (χ2n) is 6.33. The number of H-pyrrole nitrogens is 1. The summed E-state index contributed by atoms with van der Waals surface area (Å²) in [6, 6.07) is 14.2. The van der Waals surface area contributed by atoms with Crippen LogP contribution in [0.1, 0.15) is 18.3 Å². The van der Waals surface area contributed by atoms with Gasteiger partial charge in [-0.3, -0.25) is 14.6 Å². The van der Waals surface area contributed by atoms with Gasteiger partial charge in [0.2, 0.25) is 5.91 Å². The van der Waals surface area contributed by atoms with E-state index in [9.17, 15) is 13.2 Å². The molecule has 0 unspecified atom stereocenters. The summed E-state index contributed by atoms with van der Waals surface area (Å²) in [6.07, 6.45) is 0. The summed E-state index contributed by atoms with van der Waals surface area (Å²) < 4.78 is 27.7. The molecule has 3 rings (SSSR count). The van der Waals surface area contributed by atoms with E-state index in [-0.39, 0.29) is 10.8 Å². The Balaban J connectivity index is 1.73. The van der Waals surface area contributed by atoms with Crippen LogP contribution in [-0.2, 0) is 14.8 Å². The molecular formula is C19H21N5O3S. The number of hydrogen-bond acceptors (Lipinski definition) is 5. The largest absolute Gasteiger partial charge is 0.355 e. The van der Waals surface area contributed by atoms with E-state index in [2.05, 4.69) is 25.6 Å². The topological polar surface area (TPSA) is 116 Å². The van der Waals surface area contributed by atoms with Crippen LogP contribution in [0.3, 0.4) is 0 Å². The molecule has 1 amide bonds. The van der Waals surface area contributed by atoms with Crippen molar-refractivity contribution >= 4 is 38.7 Å². The Bertz CT molecular complexity index is 1090. The summed E-state index contributed by atoms with van der Waals surface area (Å²) in [6.45, 7) is 4.75. The zero-order valence-corrected chi connectivity index (χ0v) is 16.5. The van der Waals surface area contributed by atoms with E-state index in [1.54, 1.807) is 44.2 Å². The lowest BCUT2D eigenvalue weighted by atomic mass is 10.2. The molecule has 146 valence electrons. The third-order valence-electron chi connectivity index (χ3n) is 3.94. The monoisotopic (exact) mass is 399 g/mol. The summed E-state index contributed by atoms with van der Waals surface area (Å²) in [5.74, 6) is -0.142. The van der Waals surface area contributed by atoms with E-state index in [1.165, 1.54) is 6.92 Å². The van der Waals surface area contributed by atoms with Gasteiger partial charge < -0.3 is 10.6 Å². The maximum atomic E-state index is 12.6. The second-order valence-corrected chi connectivity index (χ2v) is 7.95. The molecule has 0 spiro atoms. The number of aryl methyl sites for hydroxylation is 2. The van der Waals surface area contributed by atoms with Gasteiger partial charge in [-0.15, -0.1) is 0 Å². The SMILES string of the molecule is CC(=O)Nc1cccc(Nc2ccc(NS(=O)(=O)c3c(C)n[nH]c3C)cc2)c1. The number of aromatic amines is 1. The molecule has 0 radical (unpaired) electrons. The van der Waals surface area contributed by atoms with Crippen LogP contribution in [0.2, 0.25) is 0 Å². The highest BCUT2D eigenvalue weighted by Gasteiger charge is 2.22. The van der Waals surface area contributed by atoms with Crippen LogP contribution in [-0.4, -0.2) is 24.5 Å². The molecule has 1 aromatic heterocycles. The van der Waals surface area contributed by atoms with E-state index in [0.717, 1.165) is 11.4 Å². The van der Waals surface area contributed by atoms with E-state index in [1.807, 2.05) is 18.2 Å². The molecule has 1 heterocycles. The molecule has 0 aliphatic heterocycles. The van der Waals surface area contributed by atoms with Gasteiger partial charge in [-0.2, -0.15) is 5.10 Å². The average molecular weight is 399 g/mol. The summed E-state index contributed by atoms with van der Waals surface area (Å²) in [5, 5.41) is 12.5. The molecule has 0 saturated carbocycles. The number of hydrogen-bond donors (Lipinski definition) is 4. The van der Waals surface area contributed by atoms with E-state index in [4.69, 9.17) is 0 Å². The van der Waals surface area contributed by atoms with Gasteiger partial charge in [0.15, 0.2) is 0 Å². The number of nitrogens with zero attached hydrogens (tertiary/aromatic N) is 1. The second kappa shape index (κ2) is 7.73. The number of amides is 1. The highest BCUT2D eigenvalue weighted by Crippen LogP contribution is 2.24. The predicted molar refractivity (Wildman–Crippen MR) is 109 cm³/mol. The third kappa shape index (κ3) is 4.49. The first-order valence-electron chi connectivity index (χ1n) is 8.54. The van der Waals surface area contributed by atoms with Crippen molar-refractivity contribution in [3.63, 3.8) is 0 Å². The van der Waals surface area contributed by atoms with E-state index in [0.29, 0.717) is 22.8 Å². The summed E-state index contributed by atoms with van der Waals surface area (Å²) in [4.78, 5) is 11.3. The Morgan fingerprint density at radius 2 is 1.61 bits per heavy atom. The van der Waals surface area contributed by atoms with Crippen LogP contribution in [0.25, 0.3) is 0 Å². The first kappa shape index (κ1) is 19.4. The first-order valence-corrected chi connectivity index (χ1v) is 10.0. The van der Waals surface area contributed by atoms with Gasteiger partial charge in [-0.05, 0) is 56.3 Å². The number of nitrogens with one attached hydrogen (secondary N) is 4. The van der Waals surface area contributed by atoms with E-state index >= 15 is 0 Å². The number of carbonyl (C=O) groups excluding carboxylic acids is 1. The van der Waals surface area contributed by atoms with Crippen molar-refractivity contribution in [3.05, 3.63) is 59.9 Å². The molecular weight excluding hydrogens is 378 g/mol. The van der Waals surface area contributed by atoms with Gasteiger partial charge in [0.25, 0.3) is 10.0 Å². The van der Waals surface area contributed by atoms with Crippen molar-refractivity contribution in [2.75, 3.05) is 15.4 Å². The molecule has 0 aliphatic rings. The van der Waals surface area contributed by atoms with Crippen LogP contribution in [0, 0.1) is 13.8 Å². The molecule has 0 atom stereocenters. The lowest BCUT2D eigenvalue weighted by Gasteiger charge is -2.11. The Labute approximate surface area is 163 Å². The molecule has 28 heavy (non-hydrogen) atoms. The van der Waals surface area contributed by atoms with Crippen LogP contribution in [0.4, 0.5) is 22.7 Å². The van der Waals surface area contributed by atoms with Crippen LogP contribution >= 0.6 is 0 Å². The van der Waals surface area contributed by atoms with Crippen molar-refractivity contribution in [3.8, 4) is 0 Å². The molecule has 0 saturated heterocycles. The minimum absolute atomic E-state index is 0.142. The van der Waals surface area contributed by atoms with Crippen LogP contribution < -0.4 is 15.4 Å². The van der Waals surface area contributed by atoms with Crippen molar-refractivity contribution in [2.45, 2.75) is 25.7 Å². The minimum atomic E-state index is -3.72. The van der Waals surface area contributed by atoms with Gasteiger partial charge >= 0.3 is 0 Å². The molecule has 2 aromatic carbocycles. The lowest BCUT2D eigenvalue weighted by molar-refractivity contribution is -0.114. The van der Waals surface area contributed by atoms with Crippen molar-refractivity contribution in [1.29, 1.82) is 0 Å². The third-order valence-corrected chi connectivity index (χ3v) is 5.58. The molecule has 0 fully saturated rings. The molecule has 0 aliphatic carbocycles. The average Bonchev–Trinajstić information content (AvgIpc) is 2.95. The van der Waals surface area contributed by atoms with Gasteiger partial charge in [-0.25, -0.2) is 8.42 Å². The van der Waals surface area contributed by atoms with Crippen molar-refractivity contribution in [2.24, 2.45) is 0 Å². The van der Waals surface area contributed by atoms with Gasteiger partial charge in [0.05, 0.1) is 11.4 Å². The standard InChI is InChI=1S/C19H21N5O3S/c1-12-19(13(2)23-22-12)28(26,27)24-16-9-7-15(8-10-16)21-18-6-4-5-17(11-18)20-14(3)25/h4-11,21,24H,1-3H3,(H,20,25)(H,22,23). The smallest absolute Gasteiger partial charge is 0.265 e. The maximum Gasteiger partial charge on any atom is 0.265 e. The molecule has 0 bridgehead atoms. The normalized spacial score (nSPS) is 11.1. The van der Waals surface area contributed by atoms with Crippen LogP contribution in [0.15, 0.2) is 53.4 Å². The van der Waals surface area contributed by atoms with Gasteiger partial charge in [0.1, 0.15) is 4.90 Å². The molecule has 9 heteroatoms. The highest BCUT2D eigenvalue weighted by atomic mass is 32.2. The molecule has 8 nitrogen and oxygen atoms in total. The molecule has 4 N–H and O–H groups in total. The number of sulfonamides is 1. The Hall–Kier alpha value is -3.33. The Morgan fingerprint density at radius 1 is 0.964 bits per heavy atom. The Morgan fingerprint density at radius 3 is 2.21 bits per heavy atom. The predicted octanol–water partition coefficient (Wildman–Crippen LogP) is 3.53. The number of rotatable bonds is 6. The highest BCUT2D eigenvalue weighted by molar-refractivity contribution is 7.92. The summed E-state index contributed by atoms with van der Waals surface area (Å²) in [5.41, 5.74) is 3.61. The number of anilines is 4.